The molecule has 1 aliphatic rings. The van der Waals surface area contributed by atoms with Crippen molar-refractivity contribution in [3.05, 3.63) is 65.7 Å². The third kappa shape index (κ3) is 4.94. The fourth-order valence-electron chi connectivity index (χ4n) is 3.24. The van der Waals surface area contributed by atoms with Crippen molar-refractivity contribution in [3.63, 3.8) is 0 Å². The lowest BCUT2D eigenvalue weighted by Crippen LogP contribution is -2.43. The predicted molar refractivity (Wildman–Crippen MR) is 101 cm³/mol. The van der Waals surface area contributed by atoms with E-state index in [4.69, 9.17) is 0 Å². The minimum absolute atomic E-state index is 0.0519. The van der Waals surface area contributed by atoms with Crippen LogP contribution in [-0.4, -0.2) is 38.3 Å². The van der Waals surface area contributed by atoms with Crippen molar-refractivity contribution in [2.45, 2.75) is 24.2 Å². The number of hydrogen-bond acceptors (Lipinski definition) is 3. The highest BCUT2D eigenvalue weighted by molar-refractivity contribution is 7.89. The van der Waals surface area contributed by atoms with Crippen LogP contribution >= 0.6 is 0 Å². The lowest BCUT2D eigenvalue weighted by Gasteiger charge is -2.30. The van der Waals surface area contributed by atoms with Crippen molar-refractivity contribution >= 4 is 15.9 Å². The van der Waals surface area contributed by atoms with Gasteiger partial charge in [0.25, 0.3) is 0 Å². The maximum absolute atomic E-state index is 13.0. The first-order valence-electron chi connectivity index (χ1n) is 9.14. The first kappa shape index (κ1) is 20.4. The molecule has 1 saturated heterocycles. The van der Waals surface area contributed by atoms with Gasteiger partial charge in [0, 0.05) is 25.6 Å². The van der Waals surface area contributed by atoms with Crippen molar-refractivity contribution in [2.75, 3.05) is 19.6 Å². The Morgan fingerprint density at radius 2 is 1.50 bits per heavy atom. The summed E-state index contributed by atoms with van der Waals surface area (Å²) >= 11 is 0. The highest BCUT2D eigenvalue weighted by Gasteiger charge is 2.31. The monoisotopic (exact) mass is 408 g/mol. The van der Waals surface area contributed by atoms with Crippen molar-refractivity contribution in [1.82, 2.24) is 9.62 Å². The van der Waals surface area contributed by atoms with Gasteiger partial charge in [-0.25, -0.2) is 17.2 Å². The fraction of sp³-hybridized carbons (Fsp3) is 0.350. The Labute approximate surface area is 163 Å². The molecule has 3 rings (SSSR count). The number of piperidine rings is 1. The van der Waals surface area contributed by atoms with Crippen LogP contribution in [0.5, 0.6) is 0 Å². The van der Waals surface area contributed by atoms with Crippen molar-refractivity contribution in [2.24, 2.45) is 5.92 Å². The van der Waals surface area contributed by atoms with E-state index in [9.17, 15) is 22.0 Å². The van der Waals surface area contributed by atoms with Gasteiger partial charge in [0.15, 0.2) is 0 Å². The standard InChI is InChI=1S/C20H22F2N2O3S/c21-17-3-1-15(2-4-17)9-12-23-20(25)16-10-13-24(14-11-16)28(26,27)19-7-5-18(22)6-8-19/h1-8,16H,9-14H2,(H,23,25). The van der Waals surface area contributed by atoms with E-state index in [0.717, 1.165) is 17.7 Å². The third-order valence-corrected chi connectivity index (χ3v) is 6.82. The average Bonchev–Trinajstić information content (AvgIpc) is 2.70. The second kappa shape index (κ2) is 8.79. The van der Waals surface area contributed by atoms with Gasteiger partial charge in [-0.15, -0.1) is 0 Å². The topological polar surface area (TPSA) is 66.5 Å². The number of hydrogen-bond donors (Lipinski definition) is 1. The second-order valence-electron chi connectivity index (χ2n) is 6.80. The van der Waals surface area contributed by atoms with E-state index in [2.05, 4.69) is 5.32 Å². The Kier molecular flexibility index (Phi) is 6.41. The molecular formula is C20H22F2N2O3S. The van der Waals surface area contributed by atoms with Crippen LogP contribution in [0, 0.1) is 17.6 Å². The Morgan fingerprint density at radius 1 is 0.964 bits per heavy atom. The molecule has 1 fully saturated rings. The van der Waals surface area contributed by atoms with Crippen LogP contribution in [0.3, 0.4) is 0 Å². The average molecular weight is 408 g/mol. The highest BCUT2D eigenvalue weighted by Crippen LogP contribution is 2.24. The molecule has 0 spiro atoms. The maximum atomic E-state index is 13.0. The van der Waals surface area contributed by atoms with Gasteiger partial charge in [0.1, 0.15) is 11.6 Å². The molecule has 0 saturated carbocycles. The van der Waals surface area contributed by atoms with Gasteiger partial charge in [-0.2, -0.15) is 4.31 Å². The largest absolute Gasteiger partial charge is 0.356 e. The summed E-state index contributed by atoms with van der Waals surface area (Å²) in [5.74, 6) is -1.13. The zero-order valence-electron chi connectivity index (χ0n) is 15.3. The Morgan fingerprint density at radius 3 is 2.07 bits per heavy atom. The van der Waals surface area contributed by atoms with E-state index in [-0.39, 0.29) is 35.6 Å². The van der Waals surface area contributed by atoms with E-state index >= 15 is 0 Å². The highest BCUT2D eigenvalue weighted by atomic mass is 32.2. The number of halogens is 2. The number of rotatable bonds is 6. The van der Waals surface area contributed by atoms with Gasteiger partial charge < -0.3 is 5.32 Å². The van der Waals surface area contributed by atoms with Crippen LogP contribution in [0.2, 0.25) is 0 Å². The minimum atomic E-state index is -3.68. The normalized spacial score (nSPS) is 16.1. The number of nitrogens with one attached hydrogen (secondary N) is 1. The molecule has 1 N–H and O–H groups in total. The molecule has 0 aromatic heterocycles. The molecule has 0 bridgehead atoms. The van der Waals surface area contributed by atoms with Crippen LogP contribution in [0.25, 0.3) is 0 Å². The molecule has 5 nitrogen and oxygen atoms in total. The molecule has 28 heavy (non-hydrogen) atoms. The quantitative estimate of drug-likeness (QED) is 0.799. The first-order valence-corrected chi connectivity index (χ1v) is 10.6. The summed E-state index contributed by atoms with van der Waals surface area (Å²) in [5.41, 5.74) is 0.932. The van der Waals surface area contributed by atoms with Crippen LogP contribution in [-0.2, 0) is 21.2 Å². The molecule has 2 aromatic carbocycles. The summed E-state index contributed by atoms with van der Waals surface area (Å²) in [5, 5.41) is 2.86. The smallest absolute Gasteiger partial charge is 0.243 e. The number of benzene rings is 2. The molecular weight excluding hydrogens is 386 g/mol. The first-order chi connectivity index (χ1) is 13.4. The van der Waals surface area contributed by atoms with Gasteiger partial charge in [0.2, 0.25) is 15.9 Å². The number of nitrogens with zero attached hydrogens (tertiary/aromatic N) is 1. The van der Waals surface area contributed by atoms with E-state index in [1.165, 1.54) is 28.6 Å². The Balaban J connectivity index is 1.48. The zero-order valence-corrected chi connectivity index (χ0v) is 16.1. The molecule has 150 valence electrons. The molecule has 1 aliphatic heterocycles. The SMILES string of the molecule is O=C(NCCc1ccc(F)cc1)C1CCN(S(=O)(=O)c2ccc(F)cc2)CC1. The van der Waals surface area contributed by atoms with Crippen LogP contribution in [0.1, 0.15) is 18.4 Å². The number of sulfonamides is 1. The minimum Gasteiger partial charge on any atom is -0.356 e. The number of carbonyl (C=O) groups is 1. The Hall–Kier alpha value is -2.32. The molecule has 0 aliphatic carbocycles. The lowest BCUT2D eigenvalue weighted by molar-refractivity contribution is -0.126. The number of carbonyl (C=O) groups excluding carboxylic acids is 1. The fourth-order valence-corrected chi connectivity index (χ4v) is 4.71. The number of amides is 1. The van der Waals surface area contributed by atoms with Crippen LogP contribution in [0.15, 0.2) is 53.4 Å². The van der Waals surface area contributed by atoms with E-state index in [1.54, 1.807) is 12.1 Å². The molecule has 0 atom stereocenters. The molecule has 1 amide bonds. The molecule has 8 heteroatoms. The summed E-state index contributed by atoms with van der Waals surface area (Å²) < 4.78 is 52.4. The lowest BCUT2D eigenvalue weighted by atomic mass is 9.97. The maximum Gasteiger partial charge on any atom is 0.243 e. The van der Waals surface area contributed by atoms with Crippen molar-refractivity contribution in [3.8, 4) is 0 Å². The summed E-state index contributed by atoms with van der Waals surface area (Å²) in [4.78, 5) is 12.4. The molecule has 0 unspecified atom stereocenters. The molecule has 0 radical (unpaired) electrons. The summed E-state index contributed by atoms with van der Waals surface area (Å²) in [6.45, 7) is 0.935. The van der Waals surface area contributed by atoms with Gasteiger partial charge >= 0.3 is 0 Å². The van der Waals surface area contributed by atoms with Gasteiger partial charge in [-0.1, -0.05) is 12.1 Å². The van der Waals surface area contributed by atoms with E-state index in [1.807, 2.05) is 0 Å². The zero-order chi connectivity index (χ0) is 20.1. The Bertz CT molecular complexity index is 907. The summed E-state index contributed by atoms with van der Waals surface area (Å²) in [6.07, 6.45) is 1.47. The summed E-state index contributed by atoms with van der Waals surface area (Å²) in [7, 11) is -3.68. The van der Waals surface area contributed by atoms with Gasteiger partial charge in [0.05, 0.1) is 4.90 Å². The van der Waals surface area contributed by atoms with E-state index < -0.39 is 15.8 Å². The van der Waals surface area contributed by atoms with Crippen molar-refractivity contribution in [1.29, 1.82) is 0 Å². The van der Waals surface area contributed by atoms with Gasteiger partial charge in [-0.05, 0) is 61.2 Å². The second-order valence-corrected chi connectivity index (χ2v) is 8.74. The van der Waals surface area contributed by atoms with Crippen LogP contribution in [0.4, 0.5) is 8.78 Å². The molecule has 2 aromatic rings. The van der Waals surface area contributed by atoms with Crippen LogP contribution < -0.4 is 5.32 Å². The molecule has 1 heterocycles. The van der Waals surface area contributed by atoms with E-state index in [0.29, 0.717) is 25.8 Å². The summed E-state index contributed by atoms with van der Waals surface area (Å²) in [6, 6.07) is 10.9. The predicted octanol–water partition coefficient (Wildman–Crippen LogP) is 2.72. The van der Waals surface area contributed by atoms with Crippen molar-refractivity contribution < 1.29 is 22.0 Å². The van der Waals surface area contributed by atoms with Gasteiger partial charge in [-0.3, -0.25) is 4.79 Å². The third-order valence-electron chi connectivity index (χ3n) is 4.90.